The number of urea groups is 1. The van der Waals surface area contributed by atoms with Crippen LogP contribution in [0.3, 0.4) is 0 Å². The average Bonchev–Trinajstić information content (AvgIpc) is 3.36. The van der Waals surface area contributed by atoms with Gasteiger partial charge >= 0.3 is 6.03 Å². The summed E-state index contributed by atoms with van der Waals surface area (Å²) >= 11 is 0. The number of nitrogens with zero attached hydrogens (tertiary/aromatic N) is 3. The van der Waals surface area contributed by atoms with E-state index in [1.54, 1.807) is 12.1 Å². The Morgan fingerprint density at radius 2 is 1.69 bits per heavy atom. The van der Waals surface area contributed by atoms with Gasteiger partial charge in [0.15, 0.2) is 0 Å². The van der Waals surface area contributed by atoms with Gasteiger partial charge in [-0.05, 0) is 73.7 Å². The predicted molar refractivity (Wildman–Crippen MR) is 138 cm³/mol. The molecule has 2 heterocycles. The van der Waals surface area contributed by atoms with E-state index in [9.17, 15) is 9.18 Å². The molecule has 0 bridgehead atoms. The zero-order valence-corrected chi connectivity index (χ0v) is 20.7. The number of aryl methyl sites for hydroxylation is 3. The summed E-state index contributed by atoms with van der Waals surface area (Å²) in [7, 11) is 0. The fourth-order valence-corrected chi connectivity index (χ4v) is 4.45. The van der Waals surface area contributed by atoms with E-state index >= 15 is 0 Å². The fourth-order valence-electron chi connectivity index (χ4n) is 4.45. The van der Waals surface area contributed by atoms with E-state index < -0.39 is 6.04 Å². The first-order chi connectivity index (χ1) is 17.4. The van der Waals surface area contributed by atoms with Crippen molar-refractivity contribution in [1.29, 1.82) is 0 Å². The molecule has 3 aromatic carbocycles. The van der Waals surface area contributed by atoms with E-state index in [1.807, 2.05) is 57.2 Å². The van der Waals surface area contributed by atoms with Crippen LogP contribution in [0, 0.1) is 19.7 Å². The summed E-state index contributed by atoms with van der Waals surface area (Å²) < 4.78 is 19.4. The Bertz CT molecular complexity index is 1460. The number of carbonyl (C=O) groups is 1. The van der Waals surface area contributed by atoms with Gasteiger partial charge in [0.05, 0.1) is 17.3 Å². The maximum Gasteiger partial charge on any atom is 0.326 e. The van der Waals surface area contributed by atoms with Gasteiger partial charge in [-0.15, -0.1) is 0 Å². The third kappa shape index (κ3) is 4.28. The molecule has 6 nitrogen and oxygen atoms in total. The Hall–Kier alpha value is -4.26. The van der Waals surface area contributed by atoms with Gasteiger partial charge in [0.25, 0.3) is 5.89 Å². The van der Waals surface area contributed by atoms with Crippen molar-refractivity contribution in [3.63, 3.8) is 0 Å². The lowest BCUT2D eigenvalue weighted by atomic mass is 9.92. The van der Waals surface area contributed by atoms with Crippen LogP contribution in [0.1, 0.15) is 48.0 Å². The molecule has 0 radical (unpaired) electrons. The van der Waals surface area contributed by atoms with Gasteiger partial charge in [0, 0.05) is 11.3 Å². The van der Waals surface area contributed by atoms with Crippen LogP contribution in [0.2, 0.25) is 0 Å². The Kier molecular flexibility index (Phi) is 6.14. The maximum absolute atomic E-state index is 13.6. The second kappa shape index (κ2) is 9.41. The van der Waals surface area contributed by atoms with Crippen LogP contribution < -0.4 is 10.2 Å². The number of benzene rings is 3. The summed E-state index contributed by atoms with van der Waals surface area (Å²) in [4.78, 5) is 19.5. The molecule has 7 heteroatoms. The first-order valence-electron chi connectivity index (χ1n) is 11.9. The number of anilines is 1. The molecule has 0 spiro atoms. The summed E-state index contributed by atoms with van der Waals surface area (Å²) in [5.41, 5.74) is 7.10. The van der Waals surface area contributed by atoms with Crippen molar-refractivity contribution < 1.29 is 13.7 Å². The van der Waals surface area contributed by atoms with Crippen LogP contribution in [0.15, 0.2) is 77.0 Å². The lowest BCUT2D eigenvalue weighted by Crippen LogP contribution is -2.46. The third-order valence-corrected chi connectivity index (χ3v) is 6.71. The number of carbonyl (C=O) groups excluding carboxylic acids is 1. The molecular weight excluding hydrogens is 455 g/mol. The second-order valence-corrected chi connectivity index (χ2v) is 9.01. The summed E-state index contributed by atoms with van der Waals surface area (Å²) in [5.74, 6) is 0.413. The molecule has 36 heavy (non-hydrogen) atoms. The highest BCUT2D eigenvalue weighted by molar-refractivity contribution is 6.01. The second-order valence-electron chi connectivity index (χ2n) is 9.01. The standard InChI is InChI=1S/C29H27FN4O2/c1-5-20-7-10-21(11-8-20)27-32-28(36-33-27)25-19(4)34(24-14-12-23(30)13-15-24)29(35)31-26(25)22-9-6-17(2)18(3)16-22/h6-16,26H,5H2,1-4H3,(H,31,35). The Morgan fingerprint density at radius 3 is 2.36 bits per heavy atom. The SMILES string of the molecule is CCc1ccc(-c2noc(C3=C(C)N(c4ccc(F)cc4)C(=O)NC3c3ccc(C)c(C)c3)n2)cc1. The summed E-state index contributed by atoms with van der Waals surface area (Å²) in [6.07, 6.45) is 0.945. The predicted octanol–water partition coefficient (Wildman–Crippen LogP) is 6.76. The van der Waals surface area contributed by atoms with Crippen LogP contribution in [0.25, 0.3) is 17.0 Å². The van der Waals surface area contributed by atoms with E-state index in [0.29, 0.717) is 28.7 Å². The minimum absolute atomic E-state index is 0.317. The molecule has 4 aromatic rings. The van der Waals surface area contributed by atoms with E-state index in [1.165, 1.54) is 22.6 Å². The number of amides is 2. The Morgan fingerprint density at radius 1 is 0.972 bits per heavy atom. The van der Waals surface area contributed by atoms with Crippen molar-refractivity contribution in [1.82, 2.24) is 15.5 Å². The molecular formula is C29H27FN4O2. The lowest BCUT2D eigenvalue weighted by Gasteiger charge is -2.35. The molecule has 2 amide bonds. The highest BCUT2D eigenvalue weighted by atomic mass is 19.1. The number of rotatable bonds is 5. The Balaban J connectivity index is 1.64. The van der Waals surface area contributed by atoms with Crippen LogP contribution in [0.5, 0.6) is 0 Å². The Labute approximate surface area is 209 Å². The van der Waals surface area contributed by atoms with Crippen LogP contribution in [-0.4, -0.2) is 16.2 Å². The minimum Gasteiger partial charge on any atom is -0.334 e. The number of hydrogen-bond acceptors (Lipinski definition) is 4. The topological polar surface area (TPSA) is 71.3 Å². The molecule has 1 aromatic heterocycles. The monoisotopic (exact) mass is 482 g/mol. The van der Waals surface area contributed by atoms with Crippen molar-refractivity contribution in [3.8, 4) is 11.4 Å². The normalized spacial score (nSPS) is 15.9. The van der Waals surface area contributed by atoms with Crippen molar-refractivity contribution in [2.45, 2.75) is 40.2 Å². The summed E-state index contributed by atoms with van der Waals surface area (Å²) in [5, 5.41) is 7.33. The number of allylic oxidation sites excluding steroid dienone is 1. The van der Waals surface area contributed by atoms with E-state index in [0.717, 1.165) is 28.7 Å². The molecule has 5 rings (SSSR count). The van der Waals surface area contributed by atoms with Gasteiger partial charge in [-0.1, -0.05) is 54.5 Å². The van der Waals surface area contributed by atoms with Crippen LogP contribution >= 0.6 is 0 Å². The molecule has 1 atom stereocenters. The number of nitrogens with one attached hydrogen (secondary N) is 1. The molecule has 0 saturated heterocycles. The molecule has 1 aliphatic rings. The molecule has 0 saturated carbocycles. The zero-order valence-electron chi connectivity index (χ0n) is 20.7. The van der Waals surface area contributed by atoms with E-state index in [-0.39, 0.29) is 11.8 Å². The number of halogens is 1. The molecule has 1 N–H and O–H groups in total. The number of hydrogen-bond donors (Lipinski definition) is 1. The zero-order chi connectivity index (χ0) is 25.4. The molecule has 1 aliphatic heterocycles. The van der Waals surface area contributed by atoms with Gasteiger partial charge in [0.1, 0.15) is 5.82 Å². The first-order valence-corrected chi connectivity index (χ1v) is 11.9. The van der Waals surface area contributed by atoms with Gasteiger partial charge in [-0.25, -0.2) is 9.18 Å². The van der Waals surface area contributed by atoms with Crippen LogP contribution in [-0.2, 0) is 6.42 Å². The van der Waals surface area contributed by atoms with Crippen molar-refractivity contribution >= 4 is 17.3 Å². The van der Waals surface area contributed by atoms with Crippen molar-refractivity contribution in [2.24, 2.45) is 0 Å². The molecule has 182 valence electrons. The first kappa shape index (κ1) is 23.5. The summed E-state index contributed by atoms with van der Waals surface area (Å²) in [6, 6.07) is 19.1. The smallest absolute Gasteiger partial charge is 0.326 e. The lowest BCUT2D eigenvalue weighted by molar-refractivity contribution is 0.244. The largest absolute Gasteiger partial charge is 0.334 e. The maximum atomic E-state index is 13.6. The molecule has 0 fully saturated rings. The number of aromatic nitrogens is 2. The highest BCUT2D eigenvalue weighted by Crippen LogP contribution is 2.39. The average molecular weight is 483 g/mol. The fraction of sp³-hybridized carbons (Fsp3) is 0.207. The van der Waals surface area contributed by atoms with Crippen molar-refractivity contribution in [2.75, 3.05) is 4.90 Å². The van der Waals surface area contributed by atoms with E-state index in [4.69, 9.17) is 9.51 Å². The van der Waals surface area contributed by atoms with E-state index in [2.05, 4.69) is 23.5 Å². The summed E-state index contributed by atoms with van der Waals surface area (Å²) in [6.45, 7) is 8.03. The molecule has 1 unspecified atom stereocenters. The quantitative estimate of drug-likeness (QED) is 0.341. The highest BCUT2D eigenvalue weighted by Gasteiger charge is 2.36. The van der Waals surface area contributed by atoms with Crippen LogP contribution in [0.4, 0.5) is 14.9 Å². The van der Waals surface area contributed by atoms with Gasteiger partial charge in [-0.3, -0.25) is 4.90 Å². The van der Waals surface area contributed by atoms with Crippen molar-refractivity contribution in [3.05, 3.63) is 106 Å². The van der Waals surface area contributed by atoms with Gasteiger partial charge < -0.3 is 9.84 Å². The third-order valence-electron chi connectivity index (χ3n) is 6.71. The van der Waals surface area contributed by atoms with Gasteiger partial charge in [-0.2, -0.15) is 4.98 Å². The molecule has 0 aliphatic carbocycles. The minimum atomic E-state index is -0.496. The van der Waals surface area contributed by atoms with Gasteiger partial charge in [0.2, 0.25) is 5.82 Å².